The van der Waals surface area contributed by atoms with Crippen molar-refractivity contribution >= 4 is 17.9 Å². The zero-order valence-electron chi connectivity index (χ0n) is 19.3. The van der Waals surface area contributed by atoms with Crippen LogP contribution in [0.4, 0.5) is 0 Å². The summed E-state index contributed by atoms with van der Waals surface area (Å²) in [7, 11) is 0. The van der Waals surface area contributed by atoms with Crippen LogP contribution in [0.1, 0.15) is 78.2 Å². The maximum Gasteiger partial charge on any atom is 0.311 e. The van der Waals surface area contributed by atoms with Gasteiger partial charge >= 0.3 is 17.9 Å². The molecule has 0 bridgehead atoms. The molecule has 1 aliphatic carbocycles. The van der Waals surface area contributed by atoms with Crippen molar-refractivity contribution in [2.45, 2.75) is 78.2 Å². The van der Waals surface area contributed by atoms with Gasteiger partial charge in [-0.05, 0) is 45.1 Å². The quantitative estimate of drug-likeness (QED) is 0.296. The predicted molar refractivity (Wildman–Crippen MR) is 117 cm³/mol. The van der Waals surface area contributed by atoms with Crippen molar-refractivity contribution in [3.05, 3.63) is 35.9 Å². The van der Waals surface area contributed by atoms with Crippen molar-refractivity contribution < 1.29 is 28.6 Å². The summed E-state index contributed by atoms with van der Waals surface area (Å²) in [5.41, 5.74) is -0.186. The first-order valence-corrected chi connectivity index (χ1v) is 11.3. The van der Waals surface area contributed by atoms with Gasteiger partial charge in [-0.15, -0.1) is 0 Å². The van der Waals surface area contributed by atoms with Crippen molar-refractivity contribution in [3.63, 3.8) is 0 Å². The molecular formula is C25H36O6. The Morgan fingerprint density at radius 1 is 1.00 bits per heavy atom. The number of rotatable bonds is 10. The Labute approximate surface area is 185 Å². The van der Waals surface area contributed by atoms with E-state index in [1.54, 1.807) is 0 Å². The molecule has 1 aromatic rings. The third-order valence-corrected chi connectivity index (χ3v) is 6.34. The van der Waals surface area contributed by atoms with Gasteiger partial charge in [0.1, 0.15) is 18.8 Å². The maximum absolute atomic E-state index is 12.6. The molecule has 0 saturated heterocycles. The number of carbonyl (C=O) groups excluding carboxylic acids is 3. The van der Waals surface area contributed by atoms with Crippen LogP contribution >= 0.6 is 0 Å². The van der Waals surface area contributed by atoms with Crippen LogP contribution in [0.2, 0.25) is 0 Å². The molecule has 172 valence electrons. The number of benzene rings is 1. The molecule has 31 heavy (non-hydrogen) atoms. The largest absolute Gasteiger partial charge is 0.462 e. The lowest BCUT2D eigenvalue weighted by atomic mass is 9.72. The number of hydrogen-bond donors (Lipinski definition) is 0. The zero-order chi connectivity index (χ0) is 22.9. The van der Waals surface area contributed by atoms with Crippen LogP contribution in [0.5, 0.6) is 0 Å². The van der Waals surface area contributed by atoms with E-state index >= 15 is 0 Å². The molecule has 0 N–H and O–H groups in total. The van der Waals surface area contributed by atoms with Gasteiger partial charge < -0.3 is 14.2 Å². The minimum atomic E-state index is -0.638. The van der Waals surface area contributed by atoms with Gasteiger partial charge in [0.25, 0.3) is 0 Å². The second-order valence-corrected chi connectivity index (χ2v) is 8.97. The highest BCUT2D eigenvalue weighted by Gasteiger charge is 2.43. The first-order valence-electron chi connectivity index (χ1n) is 11.3. The molecule has 0 radical (unpaired) electrons. The van der Waals surface area contributed by atoms with Gasteiger partial charge in [-0.2, -0.15) is 0 Å². The summed E-state index contributed by atoms with van der Waals surface area (Å²) in [6.07, 6.45) is 4.47. The smallest absolute Gasteiger partial charge is 0.311 e. The summed E-state index contributed by atoms with van der Waals surface area (Å²) in [4.78, 5) is 36.5. The van der Waals surface area contributed by atoms with E-state index in [0.717, 1.165) is 31.2 Å². The van der Waals surface area contributed by atoms with Crippen molar-refractivity contribution in [1.82, 2.24) is 0 Å². The molecule has 0 spiro atoms. The highest BCUT2D eigenvalue weighted by atomic mass is 16.6. The Bertz CT molecular complexity index is 742. The third kappa shape index (κ3) is 6.81. The molecule has 0 aromatic heterocycles. The fraction of sp³-hybridized carbons (Fsp3) is 0.640. The fourth-order valence-electron chi connectivity index (χ4n) is 3.84. The van der Waals surface area contributed by atoms with E-state index in [4.69, 9.17) is 14.2 Å². The number of carbonyl (C=O) groups is 3. The Morgan fingerprint density at radius 2 is 1.65 bits per heavy atom. The summed E-state index contributed by atoms with van der Waals surface area (Å²) in [6, 6.07) is 9.87. The Hall–Kier alpha value is -2.37. The van der Waals surface area contributed by atoms with E-state index in [1.165, 1.54) is 0 Å². The molecule has 0 amide bonds. The van der Waals surface area contributed by atoms with Crippen LogP contribution in [0.15, 0.2) is 30.3 Å². The molecular weight excluding hydrogens is 396 g/mol. The highest BCUT2D eigenvalue weighted by molar-refractivity contribution is 5.78. The van der Waals surface area contributed by atoms with E-state index in [-0.39, 0.29) is 37.9 Å². The summed E-state index contributed by atoms with van der Waals surface area (Å²) < 4.78 is 16.2. The zero-order valence-corrected chi connectivity index (χ0v) is 19.3. The van der Waals surface area contributed by atoms with Crippen molar-refractivity contribution in [1.29, 1.82) is 0 Å². The lowest BCUT2D eigenvalue weighted by molar-refractivity contribution is -0.174. The van der Waals surface area contributed by atoms with Gasteiger partial charge in [-0.3, -0.25) is 14.4 Å². The molecule has 0 aliphatic heterocycles. The van der Waals surface area contributed by atoms with Crippen LogP contribution in [0.25, 0.3) is 0 Å². The Kier molecular flexibility index (Phi) is 9.08. The summed E-state index contributed by atoms with van der Waals surface area (Å²) in [5, 5.41) is 0. The van der Waals surface area contributed by atoms with E-state index < -0.39 is 23.0 Å². The first-order chi connectivity index (χ1) is 14.7. The molecule has 2 atom stereocenters. The van der Waals surface area contributed by atoms with Crippen molar-refractivity contribution in [2.24, 2.45) is 11.3 Å². The van der Waals surface area contributed by atoms with E-state index in [2.05, 4.69) is 6.92 Å². The molecule has 6 heteroatoms. The Morgan fingerprint density at radius 3 is 2.29 bits per heavy atom. The number of hydrogen-bond acceptors (Lipinski definition) is 6. The van der Waals surface area contributed by atoms with Crippen molar-refractivity contribution in [3.8, 4) is 0 Å². The first kappa shape index (κ1) is 24.9. The Balaban J connectivity index is 1.81. The molecule has 6 nitrogen and oxygen atoms in total. The van der Waals surface area contributed by atoms with Gasteiger partial charge in [0.15, 0.2) is 0 Å². The molecule has 1 fully saturated rings. The normalized spacial score (nSPS) is 21.2. The summed E-state index contributed by atoms with van der Waals surface area (Å²) in [5.74, 6) is -1.01. The summed E-state index contributed by atoms with van der Waals surface area (Å²) in [6.45, 7) is 7.63. The average Bonchev–Trinajstić information content (AvgIpc) is 2.77. The van der Waals surface area contributed by atoms with Gasteiger partial charge in [0, 0.05) is 5.92 Å². The predicted octanol–water partition coefficient (Wildman–Crippen LogP) is 4.94. The van der Waals surface area contributed by atoms with Crippen LogP contribution < -0.4 is 0 Å². The van der Waals surface area contributed by atoms with E-state index in [0.29, 0.717) is 6.42 Å². The fourth-order valence-corrected chi connectivity index (χ4v) is 3.84. The summed E-state index contributed by atoms with van der Waals surface area (Å²) >= 11 is 0. The van der Waals surface area contributed by atoms with Gasteiger partial charge in [0.2, 0.25) is 0 Å². The standard InChI is InChI=1S/C25H36O6/c1-5-24(3,4)23(28)30-18-17-29-21(26)14-15-22(27)31-25(16-10-9-11-19(25)2)20-12-7-6-8-13-20/h6-8,12-13,19H,5,9-11,14-18H2,1-4H3. The lowest BCUT2D eigenvalue weighted by Gasteiger charge is -2.42. The monoisotopic (exact) mass is 432 g/mol. The molecule has 2 rings (SSSR count). The minimum Gasteiger partial charge on any atom is -0.462 e. The SMILES string of the molecule is CCC(C)(C)C(=O)OCCOC(=O)CCC(=O)OC1(c2ccccc2)CCCCC1C. The maximum atomic E-state index is 12.6. The van der Waals surface area contributed by atoms with E-state index in [1.807, 2.05) is 51.1 Å². The molecule has 2 unspecified atom stereocenters. The molecule has 1 aliphatic rings. The minimum absolute atomic E-state index is 0.00703. The van der Waals surface area contributed by atoms with Gasteiger partial charge in [-0.1, -0.05) is 50.6 Å². The van der Waals surface area contributed by atoms with Crippen LogP contribution in [0.3, 0.4) is 0 Å². The van der Waals surface area contributed by atoms with Crippen LogP contribution in [0, 0.1) is 11.3 Å². The number of ether oxygens (including phenoxy) is 3. The lowest BCUT2D eigenvalue weighted by Crippen LogP contribution is -2.41. The van der Waals surface area contributed by atoms with Crippen molar-refractivity contribution in [2.75, 3.05) is 13.2 Å². The van der Waals surface area contributed by atoms with Gasteiger partial charge in [-0.25, -0.2) is 0 Å². The van der Waals surface area contributed by atoms with Crippen LogP contribution in [-0.2, 0) is 34.2 Å². The second kappa shape index (κ2) is 11.3. The number of esters is 3. The average molecular weight is 433 g/mol. The topological polar surface area (TPSA) is 78.9 Å². The molecule has 1 saturated carbocycles. The van der Waals surface area contributed by atoms with E-state index in [9.17, 15) is 14.4 Å². The molecule has 1 aromatic carbocycles. The third-order valence-electron chi connectivity index (χ3n) is 6.34. The second-order valence-electron chi connectivity index (χ2n) is 8.97. The van der Waals surface area contributed by atoms with Gasteiger partial charge in [0.05, 0.1) is 18.3 Å². The van der Waals surface area contributed by atoms with Crippen LogP contribution in [-0.4, -0.2) is 31.1 Å². The molecule has 0 heterocycles. The highest BCUT2D eigenvalue weighted by Crippen LogP contribution is 2.45.